The first-order chi connectivity index (χ1) is 14.0. The van der Waals surface area contributed by atoms with Crippen LogP contribution in [0.25, 0.3) is 5.78 Å². The first-order valence-electron chi connectivity index (χ1n) is 9.81. The first-order valence-corrected chi connectivity index (χ1v) is 9.81. The second kappa shape index (κ2) is 8.02. The maximum absolute atomic E-state index is 12.5. The Bertz CT molecular complexity index is 1020. The average molecular weight is 396 g/mol. The van der Waals surface area contributed by atoms with Gasteiger partial charge >= 0.3 is 0 Å². The molecule has 0 saturated carbocycles. The maximum Gasteiger partial charge on any atom is 0.289 e. The number of likely N-dealkylation sites (tertiary alicyclic amines) is 1. The van der Waals surface area contributed by atoms with Crippen LogP contribution in [0.4, 0.5) is 0 Å². The Balaban J connectivity index is 1.28. The van der Waals surface area contributed by atoms with E-state index in [0.717, 1.165) is 29.8 Å². The number of rotatable bonds is 5. The van der Waals surface area contributed by atoms with Gasteiger partial charge in [-0.15, -0.1) is 0 Å². The highest BCUT2D eigenvalue weighted by atomic mass is 16.3. The third-order valence-electron chi connectivity index (χ3n) is 5.47. The van der Waals surface area contributed by atoms with Crippen LogP contribution < -0.4 is 5.32 Å². The number of nitrogens with one attached hydrogen (secondary N) is 1. The molecule has 0 aromatic carbocycles. The van der Waals surface area contributed by atoms with Gasteiger partial charge in [0.05, 0.1) is 6.26 Å². The lowest BCUT2D eigenvalue weighted by molar-refractivity contribution is -0.122. The van der Waals surface area contributed by atoms with E-state index >= 15 is 0 Å². The fourth-order valence-corrected chi connectivity index (χ4v) is 3.84. The smallest absolute Gasteiger partial charge is 0.289 e. The topological polar surface area (TPSA) is 106 Å². The van der Waals surface area contributed by atoms with Gasteiger partial charge in [-0.1, -0.05) is 0 Å². The summed E-state index contributed by atoms with van der Waals surface area (Å²) in [5.74, 6) is 0.847. The van der Waals surface area contributed by atoms with Crippen LogP contribution in [0.3, 0.4) is 0 Å². The number of nitrogens with zero attached hydrogens (tertiary/aromatic N) is 5. The van der Waals surface area contributed by atoms with Crippen molar-refractivity contribution in [2.45, 2.75) is 45.6 Å². The highest BCUT2D eigenvalue weighted by molar-refractivity contribution is 5.91. The summed E-state index contributed by atoms with van der Waals surface area (Å²) < 4.78 is 6.88. The second-order valence-electron chi connectivity index (χ2n) is 7.34. The van der Waals surface area contributed by atoms with Gasteiger partial charge in [0.2, 0.25) is 5.91 Å². The lowest BCUT2D eigenvalue weighted by atomic mass is 10.0. The number of furan rings is 1. The summed E-state index contributed by atoms with van der Waals surface area (Å²) in [5, 5.41) is 7.28. The molecule has 0 atom stereocenters. The third kappa shape index (κ3) is 3.98. The van der Waals surface area contributed by atoms with Crippen molar-refractivity contribution < 1.29 is 14.0 Å². The molecule has 4 heterocycles. The molecule has 1 saturated heterocycles. The minimum atomic E-state index is -0.0956. The van der Waals surface area contributed by atoms with Crippen LogP contribution in [0.5, 0.6) is 0 Å². The highest BCUT2D eigenvalue weighted by Gasteiger charge is 2.25. The van der Waals surface area contributed by atoms with Gasteiger partial charge in [0.25, 0.3) is 11.7 Å². The summed E-state index contributed by atoms with van der Waals surface area (Å²) in [5.41, 5.74) is 2.86. The van der Waals surface area contributed by atoms with Gasteiger partial charge in [-0.2, -0.15) is 10.1 Å². The molecule has 0 bridgehead atoms. The van der Waals surface area contributed by atoms with E-state index in [1.165, 1.54) is 12.6 Å². The second-order valence-corrected chi connectivity index (χ2v) is 7.34. The number of fused-ring (bicyclic) bond motifs is 1. The number of aromatic nitrogens is 4. The SMILES string of the molecule is Cc1nc2ncnn2c(C)c1CCC(=O)NC1CCN(C(=O)c2ccco2)CC1. The predicted octanol–water partition coefficient (Wildman–Crippen LogP) is 1.69. The molecule has 9 heteroatoms. The van der Waals surface area contributed by atoms with Gasteiger partial charge in [0, 0.05) is 36.9 Å². The number of piperidine rings is 1. The van der Waals surface area contributed by atoms with Crippen LogP contribution in [0.1, 0.15) is 46.8 Å². The van der Waals surface area contributed by atoms with E-state index in [4.69, 9.17) is 4.42 Å². The van der Waals surface area contributed by atoms with E-state index in [-0.39, 0.29) is 17.9 Å². The fourth-order valence-electron chi connectivity index (χ4n) is 3.84. The van der Waals surface area contributed by atoms with E-state index in [9.17, 15) is 9.59 Å². The van der Waals surface area contributed by atoms with Gasteiger partial charge in [-0.3, -0.25) is 9.59 Å². The summed E-state index contributed by atoms with van der Waals surface area (Å²) >= 11 is 0. The van der Waals surface area contributed by atoms with E-state index in [2.05, 4.69) is 20.4 Å². The Morgan fingerprint density at radius 1 is 1.28 bits per heavy atom. The van der Waals surface area contributed by atoms with Crippen LogP contribution in [-0.2, 0) is 11.2 Å². The zero-order chi connectivity index (χ0) is 20.4. The largest absolute Gasteiger partial charge is 0.459 e. The predicted molar refractivity (Wildman–Crippen MR) is 104 cm³/mol. The third-order valence-corrected chi connectivity index (χ3v) is 5.47. The molecule has 1 N–H and O–H groups in total. The summed E-state index contributed by atoms with van der Waals surface area (Å²) in [6, 6.07) is 3.46. The molecule has 4 rings (SSSR count). The molecule has 3 aromatic heterocycles. The van der Waals surface area contributed by atoms with Crippen LogP contribution in [-0.4, -0.2) is 55.4 Å². The van der Waals surface area contributed by atoms with Gasteiger partial charge in [-0.25, -0.2) is 9.50 Å². The van der Waals surface area contributed by atoms with Crippen molar-refractivity contribution in [1.29, 1.82) is 0 Å². The zero-order valence-electron chi connectivity index (χ0n) is 16.6. The molecule has 0 unspecified atom stereocenters. The fraction of sp³-hybridized carbons (Fsp3) is 0.450. The van der Waals surface area contributed by atoms with Gasteiger partial charge in [0.15, 0.2) is 5.76 Å². The van der Waals surface area contributed by atoms with E-state index in [0.29, 0.717) is 37.5 Å². The molecule has 0 radical (unpaired) electrons. The molecule has 1 fully saturated rings. The Morgan fingerprint density at radius 2 is 2.07 bits per heavy atom. The standard InChI is InChI=1S/C20H24N6O3/c1-13-16(14(2)26-20(23-13)21-12-22-26)5-6-18(27)24-15-7-9-25(10-8-15)19(28)17-4-3-11-29-17/h3-4,11-12,15H,5-10H2,1-2H3,(H,24,27). The van der Waals surface area contributed by atoms with E-state index in [1.807, 2.05) is 13.8 Å². The zero-order valence-corrected chi connectivity index (χ0v) is 16.6. The van der Waals surface area contributed by atoms with Crippen molar-refractivity contribution in [3.8, 4) is 0 Å². The van der Waals surface area contributed by atoms with E-state index in [1.54, 1.807) is 21.5 Å². The molecule has 29 heavy (non-hydrogen) atoms. The minimum absolute atomic E-state index is 0.0123. The summed E-state index contributed by atoms with van der Waals surface area (Å²) in [4.78, 5) is 35.1. The molecule has 0 spiro atoms. The Labute approximate surface area is 168 Å². The van der Waals surface area contributed by atoms with Crippen LogP contribution in [0.2, 0.25) is 0 Å². The normalized spacial score (nSPS) is 15.0. The summed E-state index contributed by atoms with van der Waals surface area (Å²) in [6.45, 7) is 5.11. The van der Waals surface area contributed by atoms with Crippen molar-refractivity contribution in [2.24, 2.45) is 0 Å². The van der Waals surface area contributed by atoms with Crippen molar-refractivity contribution in [2.75, 3.05) is 13.1 Å². The molecule has 0 aliphatic carbocycles. The molecular formula is C20H24N6O3. The van der Waals surface area contributed by atoms with Gasteiger partial charge in [0.1, 0.15) is 6.33 Å². The van der Waals surface area contributed by atoms with Gasteiger partial charge in [-0.05, 0) is 50.8 Å². The van der Waals surface area contributed by atoms with Crippen LogP contribution >= 0.6 is 0 Å². The number of amides is 2. The number of hydrogen-bond acceptors (Lipinski definition) is 6. The van der Waals surface area contributed by atoms with E-state index < -0.39 is 0 Å². The van der Waals surface area contributed by atoms with Crippen molar-refractivity contribution in [3.05, 3.63) is 47.4 Å². The number of carbonyl (C=O) groups excluding carboxylic acids is 2. The quantitative estimate of drug-likeness (QED) is 0.703. The molecular weight excluding hydrogens is 372 g/mol. The monoisotopic (exact) mass is 396 g/mol. The minimum Gasteiger partial charge on any atom is -0.459 e. The molecule has 152 valence electrons. The van der Waals surface area contributed by atoms with Crippen molar-refractivity contribution in [3.63, 3.8) is 0 Å². The molecule has 9 nitrogen and oxygen atoms in total. The Hall–Kier alpha value is -3.23. The lowest BCUT2D eigenvalue weighted by Crippen LogP contribution is -2.46. The van der Waals surface area contributed by atoms with Crippen molar-refractivity contribution in [1.82, 2.24) is 29.8 Å². The highest BCUT2D eigenvalue weighted by Crippen LogP contribution is 2.17. The maximum atomic E-state index is 12.5. The Morgan fingerprint density at radius 3 is 2.79 bits per heavy atom. The number of carbonyl (C=O) groups is 2. The summed E-state index contributed by atoms with van der Waals surface area (Å²) in [7, 11) is 0. The van der Waals surface area contributed by atoms with Crippen LogP contribution in [0.15, 0.2) is 29.1 Å². The average Bonchev–Trinajstić information content (AvgIpc) is 3.40. The molecule has 1 aliphatic rings. The number of hydrogen-bond donors (Lipinski definition) is 1. The molecule has 3 aromatic rings. The van der Waals surface area contributed by atoms with Crippen molar-refractivity contribution >= 4 is 17.6 Å². The number of aryl methyl sites for hydroxylation is 2. The lowest BCUT2D eigenvalue weighted by Gasteiger charge is -2.31. The van der Waals surface area contributed by atoms with Crippen LogP contribution in [0, 0.1) is 13.8 Å². The first kappa shape index (κ1) is 19.1. The van der Waals surface area contributed by atoms with Gasteiger partial charge < -0.3 is 14.6 Å². The Kier molecular flexibility index (Phi) is 5.28. The molecule has 2 amide bonds. The molecule has 1 aliphatic heterocycles. The summed E-state index contributed by atoms with van der Waals surface area (Å²) in [6.07, 6.45) is 5.44.